The molecule has 0 amide bonds. The molecule has 0 aromatic carbocycles. The molecule has 0 unspecified atom stereocenters. The maximum atomic E-state index is 8.76. The molecule has 1 aliphatic heterocycles. The lowest BCUT2D eigenvalue weighted by atomic mass is 10.3. The van der Waals surface area contributed by atoms with Gasteiger partial charge in [-0.1, -0.05) is 23.2 Å². The average Bonchev–Trinajstić information content (AvgIpc) is 2.21. The Balaban J connectivity index is 2.22. The van der Waals surface area contributed by atoms with Gasteiger partial charge in [0, 0.05) is 49.8 Å². The molecule has 0 radical (unpaired) electrons. The lowest BCUT2D eigenvalue weighted by molar-refractivity contribution is 0.119. The molecule has 1 saturated heterocycles. The molecule has 0 saturated carbocycles. The third-order valence-electron chi connectivity index (χ3n) is 2.37. The molecule has 5 heteroatoms. The van der Waals surface area contributed by atoms with E-state index in [9.17, 15) is 0 Å². The molecule has 0 atom stereocenters. The van der Waals surface area contributed by atoms with E-state index in [-0.39, 0.29) is 6.61 Å². The van der Waals surface area contributed by atoms with Crippen LogP contribution < -0.4 is 0 Å². The van der Waals surface area contributed by atoms with Crippen molar-refractivity contribution in [2.75, 3.05) is 45.9 Å². The molecular weight excluding hydrogens is 223 g/mol. The van der Waals surface area contributed by atoms with Crippen molar-refractivity contribution < 1.29 is 5.11 Å². The van der Waals surface area contributed by atoms with Crippen LogP contribution in [-0.4, -0.2) is 60.8 Å². The standard InChI is InChI=1S/C9H16Cl2N2O/c10-7-9(11)8-13-3-1-12(2-4-13)5-6-14/h7,14H,1-6,8H2. The Hall–Kier alpha value is 0.200. The lowest BCUT2D eigenvalue weighted by Gasteiger charge is -2.34. The van der Waals surface area contributed by atoms with Gasteiger partial charge in [0.15, 0.2) is 0 Å². The molecule has 0 bridgehead atoms. The molecule has 0 spiro atoms. The maximum absolute atomic E-state index is 8.76. The zero-order chi connectivity index (χ0) is 10.4. The topological polar surface area (TPSA) is 26.7 Å². The van der Waals surface area contributed by atoms with Gasteiger partial charge in [-0.15, -0.1) is 0 Å². The summed E-state index contributed by atoms with van der Waals surface area (Å²) in [6.45, 7) is 5.70. The number of aliphatic hydroxyl groups excluding tert-OH is 1. The molecule has 14 heavy (non-hydrogen) atoms. The Morgan fingerprint density at radius 1 is 1.21 bits per heavy atom. The van der Waals surface area contributed by atoms with E-state index in [1.807, 2.05) is 0 Å². The van der Waals surface area contributed by atoms with Gasteiger partial charge in [-0.3, -0.25) is 9.80 Å². The van der Waals surface area contributed by atoms with E-state index in [1.54, 1.807) is 0 Å². The van der Waals surface area contributed by atoms with Crippen molar-refractivity contribution in [1.29, 1.82) is 0 Å². The molecule has 0 aromatic rings. The zero-order valence-electron chi connectivity index (χ0n) is 8.12. The highest BCUT2D eigenvalue weighted by molar-refractivity contribution is 6.36. The Bertz CT molecular complexity index is 191. The number of β-amino-alcohol motifs (C(OH)–C–C–N with tert-alkyl or cyclic N) is 1. The number of rotatable bonds is 4. The lowest BCUT2D eigenvalue weighted by Crippen LogP contribution is -2.47. The van der Waals surface area contributed by atoms with Crippen molar-refractivity contribution >= 4 is 23.2 Å². The Kier molecular flexibility index (Phi) is 5.82. The third kappa shape index (κ3) is 4.15. The number of nitrogens with zero attached hydrogens (tertiary/aromatic N) is 2. The van der Waals surface area contributed by atoms with Gasteiger partial charge in [-0.2, -0.15) is 0 Å². The number of hydrogen-bond acceptors (Lipinski definition) is 3. The van der Waals surface area contributed by atoms with Crippen LogP contribution in [0.1, 0.15) is 0 Å². The summed E-state index contributed by atoms with van der Waals surface area (Å²) < 4.78 is 0. The monoisotopic (exact) mass is 238 g/mol. The molecule has 1 N–H and O–H groups in total. The van der Waals surface area contributed by atoms with Crippen LogP contribution >= 0.6 is 23.2 Å². The van der Waals surface area contributed by atoms with Gasteiger partial charge in [0.05, 0.1) is 6.61 Å². The van der Waals surface area contributed by atoms with Gasteiger partial charge in [-0.05, 0) is 0 Å². The largest absolute Gasteiger partial charge is 0.395 e. The summed E-state index contributed by atoms with van der Waals surface area (Å²) in [7, 11) is 0. The first-order valence-corrected chi connectivity index (χ1v) is 5.58. The van der Waals surface area contributed by atoms with Crippen LogP contribution in [0, 0.1) is 0 Å². The first kappa shape index (κ1) is 12.3. The van der Waals surface area contributed by atoms with E-state index in [0.717, 1.165) is 39.3 Å². The SMILES string of the molecule is OCCN1CCN(CC(Cl)=CCl)CC1. The van der Waals surface area contributed by atoms with Crippen LogP contribution in [0.3, 0.4) is 0 Å². The highest BCUT2D eigenvalue weighted by Crippen LogP contribution is 2.08. The predicted molar refractivity (Wildman–Crippen MR) is 59.8 cm³/mol. The van der Waals surface area contributed by atoms with Gasteiger partial charge >= 0.3 is 0 Å². The van der Waals surface area contributed by atoms with Crippen LogP contribution in [0.4, 0.5) is 0 Å². The van der Waals surface area contributed by atoms with E-state index >= 15 is 0 Å². The highest BCUT2D eigenvalue weighted by Gasteiger charge is 2.16. The number of piperazine rings is 1. The molecule has 0 aliphatic carbocycles. The van der Waals surface area contributed by atoms with E-state index in [2.05, 4.69) is 9.80 Å². The van der Waals surface area contributed by atoms with E-state index in [4.69, 9.17) is 28.3 Å². The minimum atomic E-state index is 0.238. The van der Waals surface area contributed by atoms with Crippen LogP contribution in [0.5, 0.6) is 0 Å². The normalized spacial score (nSPS) is 21.5. The molecule has 1 fully saturated rings. The summed E-state index contributed by atoms with van der Waals surface area (Å²) in [5.41, 5.74) is 1.42. The summed E-state index contributed by atoms with van der Waals surface area (Å²) in [6, 6.07) is 0. The third-order valence-corrected chi connectivity index (χ3v) is 2.98. The molecule has 0 aromatic heterocycles. The van der Waals surface area contributed by atoms with Crippen molar-refractivity contribution in [1.82, 2.24) is 9.80 Å². The number of halogens is 2. The van der Waals surface area contributed by atoms with Gasteiger partial charge in [0.1, 0.15) is 0 Å². The van der Waals surface area contributed by atoms with Crippen molar-refractivity contribution in [3.05, 3.63) is 10.6 Å². The molecule has 1 heterocycles. The van der Waals surface area contributed by atoms with E-state index in [0.29, 0.717) is 5.03 Å². The van der Waals surface area contributed by atoms with Crippen molar-refractivity contribution in [3.8, 4) is 0 Å². The van der Waals surface area contributed by atoms with Crippen LogP contribution in [0.2, 0.25) is 0 Å². The summed E-state index contributed by atoms with van der Waals surface area (Å²) in [5, 5.41) is 9.45. The minimum absolute atomic E-state index is 0.238. The zero-order valence-corrected chi connectivity index (χ0v) is 9.64. The fourth-order valence-electron chi connectivity index (χ4n) is 1.56. The predicted octanol–water partition coefficient (Wildman–Crippen LogP) is 0.915. The van der Waals surface area contributed by atoms with Crippen LogP contribution in [-0.2, 0) is 0 Å². The van der Waals surface area contributed by atoms with Crippen molar-refractivity contribution in [2.45, 2.75) is 0 Å². The van der Waals surface area contributed by atoms with Crippen LogP contribution in [0.25, 0.3) is 0 Å². The van der Waals surface area contributed by atoms with E-state index in [1.165, 1.54) is 5.54 Å². The summed E-state index contributed by atoms with van der Waals surface area (Å²) >= 11 is 11.3. The highest BCUT2D eigenvalue weighted by atomic mass is 35.5. The second kappa shape index (κ2) is 6.64. The summed E-state index contributed by atoms with van der Waals surface area (Å²) in [6.07, 6.45) is 0. The Morgan fingerprint density at radius 3 is 2.29 bits per heavy atom. The molecule has 1 aliphatic rings. The molecule has 1 rings (SSSR count). The first-order valence-electron chi connectivity index (χ1n) is 4.76. The molecule has 3 nitrogen and oxygen atoms in total. The summed E-state index contributed by atoms with van der Waals surface area (Å²) in [5.74, 6) is 0. The second-order valence-electron chi connectivity index (χ2n) is 3.40. The molecular formula is C9H16Cl2N2O. The molecule has 82 valence electrons. The smallest absolute Gasteiger partial charge is 0.0558 e. The van der Waals surface area contributed by atoms with Crippen LogP contribution in [0.15, 0.2) is 10.6 Å². The fourth-order valence-corrected chi connectivity index (χ4v) is 1.80. The first-order chi connectivity index (χ1) is 6.76. The fraction of sp³-hybridized carbons (Fsp3) is 0.778. The Labute approximate surface area is 94.9 Å². The van der Waals surface area contributed by atoms with Crippen molar-refractivity contribution in [2.24, 2.45) is 0 Å². The number of aliphatic hydroxyl groups is 1. The van der Waals surface area contributed by atoms with Gasteiger partial charge in [-0.25, -0.2) is 0 Å². The quantitative estimate of drug-likeness (QED) is 0.790. The average molecular weight is 239 g/mol. The van der Waals surface area contributed by atoms with E-state index < -0.39 is 0 Å². The Morgan fingerprint density at radius 2 is 1.79 bits per heavy atom. The van der Waals surface area contributed by atoms with Gasteiger partial charge < -0.3 is 5.11 Å². The number of hydrogen-bond donors (Lipinski definition) is 1. The maximum Gasteiger partial charge on any atom is 0.0558 e. The summed E-state index contributed by atoms with van der Waals surface area (Å²) in [4.78, 5) is 4.50. The minimum Gasteiger partial charge on any atom is -0.395 e. The van der Waals surface area contributed by atoms with Gasteiger partial charge in [0.25, 0.3) is 0 Å². The second-order valence-corrected chi connectivity index (χ2v) is 4.10. The van der Waals surface area contributed by atoms with Gasteiger partial charge in [0.2, 0.25) is 0 Å². The van der Waals surface area contributed by atoms with Crippen molar-refractivity contribution in [3.63, 3.8) is 0 Å².